The van der Waals surface area contributed by atoms with Gasteiger partial charge in [0.05, 0.1) is 12.8 Å². The minimum atomic E-state index is -0.0617. The van der Waals surface area contributed by atoms with E-state index in [4.69, 9.17) is 4.42 Å². The lowest BCUT2D eigenvalue weighted by atomic mass is 9.96. The van der Waals surface area contributed by atoms with Gasteiger partial charge in [0.15, 0.2) is 6.04 Å². The second kappa shape index (κ2) is 9.74. The number of quaternary nitrogens is 2. The highest BCUT2D eigenvalue weighted by Gasteiger charge is 2.35. The fourth-order valence-corrected chi connectivity index (χ4v) is 4.49. The lowest BCUT2D eigenvalue weighted by molar-refractivity contribution is -1.03. The lowest BCUT2D eigenvalue weighted by Crippen LogP contribution is -3.30. The van der Waals surface area contributed by atoms with E-state index in [1.54, 1.807) is 11.2 Å². The summed E-state index contributed by atoms with van der Waals surface area (Å²) in [5.74, 6) is 0.876. The quantitative estimate of drug-likeness (QED) is 0.546. The first-order valence-electron chi connectivity index (χ1n) is 10.8. The Balaban J connectivity index is 1.39. The average molecular weight is 406 g/mol. The summed E-state index contributed by atoms with van der Waals surface area (Å²) in [6, 6.07) is 25.6. The number of carbonyl (C=O) groups is 1. The highest BCUT2D eigenvalue weighted by Crippen LogP contribution is 2.18. The molecule has 30 heavy (non-hydrogen) atoms. The molecule has 0 spiro atoms. The summed E-state index contributed by atoms with van der Waals surface area (Å²) >= 11 is 0. The van der Waals surface area contributed by atoms with Gasteiger partial charge in [0.2, 0.25) is 0 Å². The van der Waals surface area contributed by atoms with Gasteiger partial charge in [0.1, 0.15) is 38.0 Å². The summed E-state index contributed by atoms with van der Waals surface area (Å²) in [6.07, 6.45) is 1.63. The molecule has 1 saturated heterocycles. The Morgan fingerprint density at radius 1 is 0.867 bits per heavy atom. The van der Waals surface area contributed by atoms with Gasteiger partial charge in [0.25, 0.3) is 5.91 Å². The largest absolute Gasteiger partial charge is 0.467 e. The average Bonchev–Trinajstić information content (AvgIpc) is 3.33. The lowest BCUT2D eigenvalue weighted by Gasteiger charge is -2.36. The van der Waals surface area contributed by atoms with Crippen LogP contribution in [-0.2, 0) is 11.3 Å². The van der Waals surface area contributed by atoms with Crippen molar-refractivity contribution in [1.82, 2.24) is 5.32 Å². The predicted molar refractivity (Wildman–Crippen MR) is 116 cm³/mol. The summed E-state index contributed by atoms with van der Waals surface area (Å²) in [7, 11) is 0. The van der Waals surface area contributed by atoms with Gasteiger partial charge in [-0.3, -0.25) is 4.79 Å². The van der Waals surface area contributed by atoms with Crippen molar-refractivity contribution >= 4 is 5.91 Å². The Bertz CT molecular complexity index is 865. The molecule has 0 radical (unpaired) electrons. The molecule has 156 valence electrons. The Labute approximate surface area is 178 Å². The van der Waals surface area contributed by atoms with Crippen molar-refractivity contribution in [2.75, 3.05) is 26.2 Å². The second-order valence-corrected chi connectivity index (χ2v) is 8.09. The van der Waals surface area contributed by atoms with Crippen molar-refractivity contribution in [3.05, 3.63) is 95.9 Å². The SMILES string of the molecule is C[C@H](C(=O)NCc1ccco1)[NH+]1CC[NH+](C(c2ccccc2)c2ccccc2)CC1. The molecule has 2 aromatic carbocycles. The third kappa shape index (κ3) is 4.81. The van der Waals surface area contributed by atoms with E-state index in [1.165, 1.54) is 16.0 Å². The first kappa shape index (κ1) is 20.4. The van der Waals surface area contributed by atoms with E-state index in [2.05, 4.69) is 66.0 Å². The van der Waals surface area contributed by atoms with Crippen LogP contribution in [0.3, 0.4) is 0 Å². The molecule has 1 aliphatic heterocycles. The fraction of sp³-hybridized carbons (Fsp3) is 0.320. The molecule has 1 amide bonds. The van der Waals surface area contributed by atoms with Gasteiger partial charge in [-0.15, -0.1) is 0 Å². The summed E-state index contributed by atoms with van der Waals surface area (Å²) in [6.45, 7) is 6.54. The van der Waals surface area contributed by atoms with Crippen LogP contribution in [0.15, 0.2) is 83.5 Å². The minimum Gasteiger partial charge on any atom is -0.467 e. The number of amides is 1. The van der Waals surface area contributed by atoms with Crippen LogP contribution in [-0.4, -0.2) is 38.1 Å². The van der Waals surface area contributed by atoms with Crippen molar-refractivity contribution in [3.63, 3.8) is 0 Å². The zero-order valence-electron chi connectivity index (χ0n) is 17.5. The molecule has 0 bridgehead atoms. The van der Waals surface area contributed by atoms with E-state index in [9.17, 15) is 4.79 Å². The number of hydrogen-bond acceptors (Lipinski definition) is 2. The van der Waals surface area contributed by atoms with Gasteiger partial charge in [-0.05, 0) is 19.1 Å². The van der Waals surface area contributed by atoms with Gasteiger partial charge in [-0.25, -0.2) is 0 Å². The van der Waals surface area contributed by atoms with E-state index in [0.717, 1.165) is 31.9 Å². The van der Waals surface area contributed by atoms with Crippen molar-refractivity contribution in [2.24, 2.45) is 0 Å². The Morgan fingerprint density at radius 3 is 1.97 bits per heavy atom. The maximum atomic E-state index is 12.6. The molecule has 3 aromatic rings. The molecule has 0 unspecified atom stereocenters. The maximum absolute atomic E-state index is 12.6. The minimum absolute atomic E-state index is 0.0617. The second-order valence-electron chi connectivity index (χ2n) is 8.09. The van der Waals surface area contributed by atoms with Crippen molar-refractivity contribution in [3.8, 4) is 0 Å². The van der Waals surface area contributed by atoms with Gasteiger partial charge in [-0.2, -0.15) is 0 Å². The van der Waals surface area contributed by atoms with Crippen molar-refractivity contribution in [2.45, 2.75) is 25.6 Å². The molecule has 1 aromatic heterocycles. The molecular weight excluding hydrogens is 374 g/mol. The molecule has 5 nitrogen and oxygen atoms in total. The summed E-state index contributed by atoms with van der Waals surface area (Å²) in [5, 5.41) is 3.01. The fourth-order valence-electron chi connectivity index (χ4n) is 4.49. The van der Waals surface area contributed by atoms with Gasteiger partial charge >= 0.3 is 0 Å². The van der Waals surface area contributed by atoms with Crippen LogP contribution in [0.5, 0.6) is 0 Å². The van der Waals surface area contributed by atoms with Gasteiger partial charge in [0, 0.05) is 11.1 Å². The molecule has 1 fully saturated rings. The molecule has 1 atom stereocenters. The molecule has 1 aliphatic rings. The normalized spacial score (nSPS) is 20.1. The van der Waals surface area contributed by atoms with E-state index >= 15 is 0 Å². The molecule has 0 aliphatic carbocycles. The van der Waals surface area contributed by atoms with Gasteiger partial charge in [-0.1, -0.05) is 60.7 Å². The molecular formula is C25H31N3O2+2. The Hall–Kier alpha value is -2.89. The number of nitrogens with one attached hydrogen (secondary N) is 3. The molecule has 5 heteroatoms. The first-order chi connectivity index (χ1) is 14.7. The van der Waals surface area contributed by atoms with Crippen LogP contribution in [0, 0.1) is 0 Å². The number of carbonyl (C=O) groups excluding carboxylic acids is 1. The highest BCUT2D eigenvalue weighted by atomic mass is 16.3. The summed E-state index contributed by atoms with van der Waals surface area (Å²) < 4.78 is 5.31. The van der Waals surface area contributed by atoms with Crippen molar-refractivity contribution in [1.29, 1.82) is 0 Å². The van der Waals surface area contributed by atoms with E-state index in [1.807, 2.05) is 19.1 Å². The standard InChI is InChI=1S/C25H29N3O2/c1-20(25(29)26-19-23-13-8-18-30-23)27-14-16-28(17-15-27)24(21-9-4-2-5-10-21)22-11-6-3-7-12-22/h2-13,18,20,24H,14-17,19H2,1H3,(H,26,29)/p+2/t20-/m1/s1. The first-order valence-corrected chi connectivity index (χ1v) is 10.8. The third-order valence-electron chi connectivity index (χ3n) is 6.23. The summed E-state index contributed by atoms with van der Waals surface area (Å²) in [5.41, 5.74) is 2.71. The number of benzene rings is 2. The van der Waals surface area contributed by atoms with E-state index < -0.39 is 0 Å². The van der Waals surface area contributed by atoms with Crippen LogP contribution in [0.2, 0.25) is 0 Å². The molecule has 2 heterocycles. The van der Waals surface area contributed by atoms with E-state index in [-0.39, 0.29) is 11.9 Å². The van der Waals surface area contributed by atoms with Crippen LogP contribution in [0.4, 0.5) is 0 Å². The number of hydrogen-bond donors (Lipinski definition) is 3. The number of furan rings is 1. The zero-order chi connectivity index (χ0) is 20.8. The summed E-state index contributed by atoms with van der Waals surface area (Å²) in [4.78, 5) is 15.5. The third-order valence-corrected chi connectivity index (χ3v) is 6.23. The van der Waals surface area contributed by atoms with Crippen LogP contribution < -0.4 is 15.1 Å². The molecule has 0 saturated carbocycles. The monoisotopic (exact) mass is 405 g/mol. The van der Waals surface area contributed by atoms with Crippen LogP contribution >= 0.6 is 0 Å². The van der Waals surface area contributed by atoms with Crippen molar-refractivity contribution < 1.29 is 19.0 Å². The topological polar surface area (TPSA) is 51.1 Å². The predicted octanol–water partition coefficient (Wildman–Crippen LogP) is 0.857. The van der Waals surface area contributed by atoms with Crippen LogP contribution in [0.25, 0.3) is 0 Å². The number of rotatable bonds is 7. The smallest absolute Gasteiger partial charge is 0.278 e. The van der Waals surface area contributed by atoms with Gasteiger partial charge < -0.3 is 19.5 Å². The molecule has 4 rings (SSSR count). The highest BCUT2D eigenvalue weighted by molar-refractivity contribution is 5.79. The number of piperazine rings is 1. The van der Waals surface area contributed by atoms with E-state index in [0.29, 0.717) is 12.6 Å². The Kier molecular flexibility index (Phi) is 6.62. The zero-order valence-corrected chi connectivity index (χ0v) is 17.5. The van der Waals surface area contributed by atoms with Crippen LogP contribution in [0.1, 0.15) is 29.9 Å². The molecule has 3 N–H and O–H groups in total. The Morgan fingerprint density at radius 2 is 1.43 bits per heavy atom. The maximum Gasteiger partial charge on any atom is 0.278 e.